The minimum atomic E-state index is 0.708. The second-order valence-electron chi connectivity index (χ2n) is 1.78. The molecule has 10 heavy (non-hydrogen) atoms. The molecule has 0 aliphatic carbocycles. The molecular formula is C6H8ClNOS. The van der Waals surface area contributed by atoms with Crippen molar-refractivity contribution in [3.8, 4) is 0 Å². The predicted octanol–water partition coefficient (Wildman–Crippen LogP) is 2.05. The maximum Gasteiger partial charge on any atom is 0.0931 e. The highest BCUT2D eigenvalue weighted by Crippen LogP contribution is 2.19. The van der Waals surface area contributed by atoms with E-state index in [-0.39, 0.29) is 0 Å². The van der Waals surface area contributed by atoms with E-state index in [0.717, 1.165) is 9.90 Å². The third kappa shape index (κ3) is 2.27. The zero-order chi connectivity index (χ0) is 7.40. The summed E-state index contributed by atoms with van der Waals surface area (Å²) in [6.07, 6.45) is 0. The fraction of sp³-hybridized carbons (Fsp3) is 0.333. The van der Waals surface area contributed by atoms with Crippen LogP contribution in [-0.2, 0) is 11.4 Å². The van der Waals surface area contributed by atoms with E-state index in [2.05, 4.69) is 10.3 Å². The van der Waals surface area contributed by atoms with Crippen LogP contribution in [0.3, 0.4) is 0 Å². The van der Waals surface area contributed by atoms with Gasteiger partial charge in [-0.3, -0.25) is 0 Å². The Labute approximate surface area is 68.7 Å². The molecule has 1 rings (SSSR count). The minimum absolute atomic E-state index is 0.708. The van der Waals surface area contributed by atoms with E-state index in [1.165, 1.54) is 11.3 Å². The Morgan fingerprint density at radius 1 is 1.80 bits per heavy atom. The molecule has 0 unspecified atom stereocenters. The van der Waals surface area contributed by atoms with Gasteiger partial charge >= 0.3 is 0 Å². The van der Waals surface area contributed by atoms with E-state index in [9.17, 15) is 0 Å². The normalized spacial score (nSPS) is 10.2. The average Bonchev–Trinajstić information content (AvgIpc) is 2.31. The third-order valence-electron chi connectivity index (χ3n) is 1.04. The molecule has 0 saturated heterocycles. The topological polar surface area (TPSA) is 21.3 Å². The number of hydrogen-bond acceptors (Lipinski definition) is 3. The molecule has 56 valence electrons. The highest BCUT2D eigenvalue weighted by atomic mass is 35.5. The summed E-state index contributed by atoms with van der Waals surface area (Å²) < 4.78 is 0.813. The highest BCUT2D eigenvalue weighted by Gasteiger charge is 1.94. The molecule has 1 aromatic rings. The Morgan fingerprint density at radius 3 is 3.10 bits per heavy atom. The van der Waals surface area contributed by atoms with Gasteiger partial charge in [-0.1, -0.05) is 11.6 Å². The van der Waals surface area contributed by atoms with Crippen LogP contribution < -0.4 is 5.48 Å². The van der Waals surface area contributed by atoms with Crippen LogP contribution in [-0.4, -0.2) is 7.11 Å². The molecule has 0 amide bonds. The van der Waals surface area contributed by atoms with Crippen molar-refractivity contribution in [1.29, 1.82) is 0 Å². The van der Waals surface area contributed by atoms with Crippen LogP contribution in [0.25, 0.3) is 0 Å². The molecule has 0 aliphatic heterocycles. The lowest BCUT2D eigenvalue weighted by atomic mass is 10.3. The average molecular weight is 178 g/mol. The molecular weight excluding hydrogens is 170 g/mol. The molecule has 1 aromatic heterocycles. The second-order valence-corrected chi connectivity index (χ2v) is 3.33. The van der Waals surface area contributed by atoms with Gasteiger partial charge in [0.2, 0.25) is 0 Å². The van der Waals surface area contributed by atoms with Gasteiger partial charge in [0.25, 0.3) is 0 Å². The third-order valence-corrected chi connectivity index (χ3v) is 2.18. The van der Waals surface area contributed by atoms with Gasteiger partial charge in [-0.2, -0.15) is 5.48 Å². The van der Waals surface area contributed by atoms with E-state index in [1.807, 2.05) is 11.4 Å². The zero-order valence-electron chi connectivity index (χ0n) is 5.56. The summed E-state index contributed by atoms with van der Waals surface area (Å²) in [5, 5.41) is 1.99. The van der Waals surface area contributed by atoms with Crippen molar-refractivity contribution in [3.63, 3.8) is 0 Å². The molecule has 0 atom stereocenters. The fourth-order valence-electron chi connectivity index (χ4n) is 0.594. The monoisotopic (exact) mass is 177 g/mol. The Morgan fingerprint density at radius 2 is 2.60 bits per heavy atom. The highest BCUT2D eigenvalue weighted by molar-refractivity contribution is 7.14. The SMILES string of the molecule is CONCc1csc(Cl)c1. The standard InChI is InChI=1S/C6H8ClNOS/c1-9-8-3-5-2-6(7)10-4-5/h2,4,8H,3H2,1H3. The predicted molar refractivity (Wildman–Crippen MR) is 43.2 cm³/mol. The molecule has 0 aromatic carbocycles. The molecule has 2 nitrogen and oxygen atoms in total. The van der Waals surface area contributed by atoms with Crippen LogP contribution in [0.4, 0.5) is 0 Å². The molecule has 0 radical (unpaired) electrons. The number of halogens is 1. The Kier molecular flexibility index (Phi) is 3.15. The van der Waals surface area contributed by atoms with E-state index in [1.54, 1.807) is 7.11 Å². The summed E-state index contributed by atoms with van der Waals surface area (Å²) in [6, 6.07) is 1.91. The number of nitrogens with one attached hydrogen (secondary N) is 1. The largest absolute Gasteiger partial charge is 0.305 e. The van der Waals surface area contributed by atoms with Gasteiger partial charge in [-0.15, -0.1) is 11.3 Å². The van der Waals surface area contributed by atoms with Crippen LogP contribution >= 0.6 is 22.9 Å². The molecule has 0 saturated carbocycles. The molecule has 0 bridgehead atoms. The minimum Gasteiger partial charge on any atom is -0.305 e. The van der Waals surface area contributed by atoms with Gasteiger partial charge in [0.05, 0.1) is 11.4 Å². The van der Waals surface area contributed by atoms with Crippen LogP contribution in [0.1, 0.15) is 5.56 Å². The number of hydrogen-bond donors (Lipinski definition) is 1. The van der Waals surface area contributed by atoms with Crippen LogP contribution in [0.5, 0.6) is 0 Å². The van der Waals surface area contributed by atoms with Crippen molar-refractivity contribution in [2.75, 3.05) is 7.11 Å². The summed E-state index contributed by atoms with van der Waals surface area (Å²) in [7, 11) is 1.59. The first kappa shape index (κ1) is 8.01. The van der Waals surface area contributed by atoms with Crippen LogP contribution in [0, 0.1) is 0 Å². The van der Waals surface area contributed by atoms with Crippen molar-refractivity contribution >= 4 is 22.9 Å². The van der Waals surface area contributed by atoms with Gasteiger partial charge < -0.3 is 4.84 Å². The first-order chi connectivity index (χ1) is 4.83. The number of rotatable bonds is 3. The molecule has 4 heteroatoms. The van der Waals surface area contributed by atoms with Crippen molar-refractivity contribution in [2.24, 2.45) is 0 Å². The first-order valence-electron chi connectivity index (χ1n) is 2.81. The molecule has 0 spiro atoms. The van der Waals surface area contributed by atoms with Crippen LogP contribution in [0.15, 0.2) is 11.4 Å². The summed E-state index contributed by atoms with van der Waals surface area (Å²) in [5.41, 5.74) is 3.88. The van der Waals surface area contributed by atoms with Gasteiger partial charge in [-0.05, 0) is 17.0 Å². The zero-order valence-corrected chi connectivity index (χ0v) is 7.13. The molecule has 0 fully saturated rings. The maximum absolute atomic E-state index is 5.69. The van der Waals surface area contributed by atoms with Crippen LogP contribution in [0.2, 0.25) is 4.34 Å². The van der Waals surface area contributed by atoms with E-state index < -0.39 is 0 Å². The summed E-state index contributed by atoms with van der Waals surface area (Å²) in [4.78, 5) is 4.67. The lowest BCUT2D eigenvalue weighted by Gasteiger charge is -1.95. The molecule has 0 aliphatic rings. The van der Waals surface area contributed by atoms with Crippen molar-refractivity contribution in [3.05, 3.63) is 21.3 Å². The Bertz CT molecular complexity index is 201. The quantitative estimate of drug-likeness (QED) is 0.714. The lowest BCUT2D eigenvalue weighted by molar-refractivity contribution is 0.0868. The number of thiophene rings is 1. The summed E-state index contributed by atoms with van der Waals surface area (Å²) >= 11 is 7.21. The second kappa shape index (κ2) is 3.93. The molecule has 1 heterocycles. The van der Waals surface area contributed by atoms with E-state index >= 15 is 0 Å². The van der Waals surface area contributed by atoms with Crippen molar-refractivity contribution in [1.82, 2.24) is 5.48 Å². The number of hydroxylamine groups is 1. The van der Waals surface area contributed by atoms with Gasteiger partial charge in [0.15, 0.2) is 0 Å². The fourth-order valence-corrected chi connectivity index (χ4v) is 1.50. The Balaban J connectivity index is 2.42. The summed E-state index contributed by atoms with van der Waals surface area (Å²) in [5.74, 6) is 0. The maximum atomic E-state index is 5.69. The lowest BCUT2D eigenvalue weighted by Crippen LogP contribution is -2.09. The smallest absolute Gasteiger partial charge is 0.0931 e. The molecule has 1 N–H and O–H groups in total. The first-order valence-corrected chi connectivity index (χ1v) is 4.07. The van der Waals surface area contributed by atoms with E-state index in [0.29, 0.717) is 6.54 Å². The van der Waals surface area contributed by atoms with Crippen molar-refractivity contribution in [2.45, 2.75) is 6.54 Å². The Hall–Kier alpha value is -0.0900. The van der Waals surface area contributed by atoms with E-state index in [4.69, 9.17) is 11.6 Å². The van der Waals surface area contributed by atoms with Gasteiger partial charge in [-0.25, -0.2) is 0 Å². The summed E-state index contributed by atoms with van der Waals surface area (Å²) in [6.45, 7) is 0.708. The van der Waals surface area contributed by atoms with Gasteiger partial charge in [0.1, 0.15) is 0 Å². The van der Waals surface area contributed by atoms with Gasteiger partial charge in [0, 0.05) is 6.54 Å². The van der Waals surface area contributed by atoms with Crippen molar-refractivity contribution < 1.29 is 4.84 Å².